The molecule has 0 amide bonds. The van der Waals surface area contributed by atoms with Crippen molar-refractivity contribution in [2.45, 2.75) is 25.5 Å². The fourth-order valence-electron chi connectivity index (χ4n) is 1.70. The number of aliphatic hydroxyl groups excluding tert-OH is 1. The van der Waals surface area contributed by atoms with Gasteiger partial charge in [0.25, 0.3) is 0 Å². The molecule has 3 N–H and O–H groups in total. The lowest BCUT2D eigenvalue weighted by atomic mass is 9.94. The van der Waals surface area contributed by atoms with Gasteiger partial charge in [-0.25, -0.2) is 0 Å². The highest BCUT2D eigenvalue weighted by atomic mass is 16.5. The number of benzene rings is 1. The minimum Gasteiger partial charge on any atom is -0.469 e. The van der Waals surface area contributed by atoms with Crippen LogP contribution < -0.4 is 5.73 Å². The van der Waals surface area contributed by atoms with Crippen molar-refractivity contribution in [1.82, 2.24) is 0 Å². The number of hydrogen-bond donors (Lipinski definition) is 2. The Kier molecular flexibility index (Phi) is 5.12. The van der Waals surface area contributed by atoms with Crippen LogP contribution in [0, 0.1) is 5.92 Å². The molecule has 17 heavy (non-hydrogen) atoms. The van der Waals surface area contributed by atoms with Gasteiger partial charge in [-0.2, -0.15) is 0 Å². The molecule has 0 bridgehead atoms. The zero-order valence-corrected chi connectivity index (χ0v) is 10.2. The molecule has 0 saturated heterocycles. The summed E-state index contributed by atoms with van der Waals surface area (Å²) in [6, 6.07) is 9.15. The van der Waals surface area contributed by atoms with Gasteiger partial charge in [0.15, 0.2) is 0 Å². The van der Waals surface area contributed by atoms with E-state index in [-0.39, 0.29) is 0 Å². The van der Waals surface area contributed by atoms with E-state index in [0.717, 1.165) is 5.56 Å². The van der Waals surface area contributed by atoms with Gasteiger partial charge in [-0.05, 0) is 18.9 Å². The topological polar surface area (TPSA) is 72.5 Å². The number of aliphatic hydroxyl groups is 1. The van der Waals surface area contributed by atoms with E-state index in [1.165, 1.54) is 7.11 Å². The first kappa shape index (κ1) is 13.7. The zero-order chi connectivity index (χ0) is 12.8. The van der Waals surface area contributed by atoms with E-state index in [9.17, 15) is 9.90 Å². The predicted octanol–water partition coefficient (Wildman–Crippen LogP) is 0.726. The Morgan fingerprint density at radius 3 is 2.53 bits per heavy atom. The van der Waals surface area contributed by atoms with Gasteiger partial charge < -0.3 is 15.6 Å². The Morgan fingerprint density at radius 1 is 1.41 bits per heavy atom. The first-order valence-electron chi connectivity index (χ1n) is 5.61. The van der Waals surface area contributed by atoms with Crippen LogP contribution in [0.15, 0.2) is 30.3 Å². The lowest BCUT2D eigenvalue weighted by Crippen LogP contribution is -2.43. The standard InChI is InChI=1S/C13H19NO3/c1-9(13(16)17-2)12(15)11(14)8-10-6-4-3-5-7-10/h3-7,9,11-12,15H,8,14H2,1-2H3/t9-,11-,12-/m0/s1. The molecule has 0 radical (unpaired) electrons. The predicted molar refractivity (Wildman–Crippen MR) is 65.3 cm³/mol. The molecule has 0 aromatic heterocycles. The summed E-state index contributed by atoms with van der Waals surface area (Å²) in [5.74, 6) is -1.06. The molecular weight excluding hydrogens is 218 g/mol. The third kappa shape index (κ3) is 3.84. The van der Waals surface area contributed by atoms with Crippen LogP contribution in [0.4, 0.5) is 0 Å². The fraction of sp³-hybridized carbons (Fsp3) is 0.462. The summed E-state index contributed by atoms with van der Waals surface area (Å²) in [5, 5.41) is 9.92. The molecule has 4 nitrogen and oxygen atoms in total. The Labute approximate surface area is 101 Å². The van der Waals surface area contributed by atoms with Gasteiger partial charge in [0, 0.05) is 6.04 Å². The Balaban J connectivity index is 2.58. The van der Waals surface area contributed by atoms with Crippen molar-refractivity contribution >= 4 is 5.97 Å². The van der Waals surface area contributed by atoms with Crippen molar-refractivity contribution in [2.24, 2.45) is 11.7 Å². The highest BCUT2D eigenvalue weighted by molar-refractivity contribution is 5.72. The lowest BCUT2D eigenvalue weighted by molar-refractivity contribution is -0.149. The molecule has 0 unspecified atom stereocenters. The van der Waals surface area contributed by atoms with Crippen LogP contribution in [-0.2, 0) is 16.0 Å². The molecule has 1 aromatic rings. The van der Waals surface area contributed by atoms with E-state index >= 15 is 0 Å². The molecule has 3 atom stereocenters. The first-order chi connectivity index (χ1) is 8.06. The number of carbonyl (C=O) groups excluding carboxylic acids is 1. The maximum absolute atomic E-state index is 11.3. The summed E-state index contributed by atoms with van der Waals surface area (Å²) in [5.41, 5.74) is 6.92. The Hall–Kier alpha value is -1.39. The number of hydrogen-bond acceptors (Lipinski definition) is 4. The van der Waals surface area contributed by atoms with Crippen LogP contribution in [0.5, 0.6) is 0 Å². The zero-order valence-electron chi connectivity index (χ0n) is 10.2. The molecule has 1 aromatic carbocycles. The van der Waals surface area contributed by atoms with Crippen LogP contribution >= 0.6 is 0 Å². The first-order valence-corrected chi connectivity index (χ1v) is 5.61. The molecule has 4 heteroatoms. The average Bonchev–Trinajstić information content (AvgIpc) is 2.37. The molecule has 1 rings (SSSR count). The third-order valence-corrected chi connectivity index (χ3v) is 2.84. The van der Waals surface area contributed by atoms with Crippen molar-refractivity contribution in [3.05, 3.63) is 35.9 Å². The van der Waals surface area contributed by atoms with Crippen LogP contribution in [0.25, 0.3) is 0 Å². The molecule has 0 saturated carbocycles. The minimum atomic E-state index is -0.900. The molecule has 0 spiro atoms. The molecule has 0 heterocycles. The molecule has 0 aliphatic heterocycles. The average molecular weight is 237 g/mol. The highest BCUT2D eigenvalue weighted by Crippen LogP contribution is 2.12. The van der Waals surface area contributed by atoms with Gasteiger partial charge in [0.2, 0.25) is 0 Å². The van der Waals surface area contributed by atoms with Crippen molar-refractivity contribution in [1.29, 1.82) is 0 Å². The largest absolute Gasteiger partial charge is 0.469 e. The van der Waals surface area contributed by atoms with E-state index in [2.05, 4.69) is 4.74 Å². The number of carbonyl (C=O) groups is 1. The lowest BCUT2D eigenvalue weighted by Gasteiger charge is -2.23. The number of rotatable bonds is 5. The van der Waals surface area contributed by atoms with E-state index in [1.807, 2.05) is 30.3 Å². The molecule has 0 aliphatic rings. The summed E-state index contributed by atoms with van der Waals surface area (Å²) < 4.78 is 4.58. The molecule has 94 valence electrons. The van der Waals surface area contributed by atoms with Gasteiger partial charge in [-0.3, -0.25) is 4.79 Å². The van der Waals surface area contributed by atoms with Crippen molar-refractivity contribution in [3.63, 3.8) is 0 Å². The van der Waals surface area contributed by atoms with Crippen LogP contribution in [0.3, 0.4) is 0 Å². The second kappa shape index (κ2) is 6.37. The number of esters is 1. The highest BCUT2D eigenvalue weighted by Gasteiger charge is 2.27. The summed E-state index contributed by atoms with van der Waals surface area (Å²) in [6.07, 6.45) is -0.369. The SMILES string of the molecule is COC(=O)[C@@H](C)[C@H](O)[C@@H](N)Cc1ccccc1. The van der Waals surface area contributed by atoms with E-state index in [0.29, 0.717) is 6.42 Å². The van der Waals surface area contributed by atoms with Crippen LogP contribution in [0.1, 0.15) is 12.5 Å². The van der Waals surface area contributed by atoms with Gasteiger partial charge in [-0.1, -0.05) is 30.3 Å². The smallest absolute Gasteiger partial charge is 0.311 e. The second-order valence-electron chi connectivity index (χ2n) is 4.16. The van der Waals surface area contributed by atoms with E-state index < -0.39 is 24.0 Å². The van der Waals surface area contributed by atoms with Gasteiger partial charge in [-0.15, -0.1) is 0 Å². The molecule has 0 aliphatic carbocycles. The van der Waals surface area contributed by atoms with Crippen LogP contribution in [0.2, 0.25) is 0 Å². The van der Waals surface area contributed by atoms with Gasteiger partial charge in [0.1, 0.15) is 0 Å². The number of ether oxygens (including phenoxy) is 1. The second-order valence-corrected chi connectivity index (χ2v) is 4.16. The van der Waals surface area contributed by atoms with E-state index in [1.54, 1.807) is 6.92 Å². The third-order valence-electron chi connectivity index (χ3n) is 2.84. The molecular formula is C13H19NO3. The molecule has 0 fully saturated rings. The van der Waals surface area contributed by atoms with E-state index in [4.69, 9.17) is 5.73 Å². The van der Waals surface area contributed by atoms with Crippen molar-refractivity contribution in [3.8, 4) is 0 Å². The van der Waals surface area contributed by atoms with Gasteiger partial charge in [0.05, 0.1) is 19.1 Å². The Bertz CT molecular complexity index is 353. The maximum Gasteiger partial charge on any atom is 0.311 e. The van der Waals surface area contributed by atoms with Gasteiger partial charge >= 0.3 is 5.97 Å². The quantitative estimate of drug-likeness (QED) is 0.740. The summed E-state index contributed by atoms with van der Waals surface area (Å²) in [4.78, 5) is 11.3. The normalized spacial score (nSPS) is 16.0. The monoisotopic (exact) mass is 237 g/mol. The maximum atomic E-state index is 11.3. The summed E-state index contributed by atoms with van der Waals surface area (Å²) in [7, 11) is 1.30. The summed E-state index contributed by atoms with van der Waals surface area (Å²) >= 11 is 0. The summed E-state index contributed by atoms with van der Waals surface area (Å²) in [6.45, 7) is 1.61. The Morgan fingerprint density at radius 2 is 2.00 bits per heavy atom. The minimum absolute atomic E-state index is 0.444. The number of methoxy groups -OCH3 is 1. The number of nitrogens with two attached hydrogens (primary N) is 1. The fourth-order valence-corrected chi connectivity index (χ4v) is 1.70. The van der Waals surface area contributed by atoms with Crippen molar-refractivity contribution in [2.75, 3.05) is 7.11 Å². The van der Waals surface area contributed by atoms with Crippen LogP contribution in [-0.4, -0.2) is 30.3 Å². The van der Waals surface area contributed by atoms with Crippen molar-refractivity contribution < 1.29 is 14.6 Å².